The fourth-order valence-corrected chi connectivity index (χ4v) is 3.03. The molecule has 1 aliphatic heterocycles. The van der Waals surface area contributed by atoms with Gasteiger partial charge in [0, 0.05) is 12.5 Å². The predicted molar refractivity (Wildman–Crippen MR) is 76.7 cm³/mol. The second kappa shape index (κ2) is 6.44. The second-order valence-corrected chi connectivity index (χ2v) is 6.10. The average molecular weight is 322 g/mol. The zero-order chi connectivity index (χ0) is 15.6. The molecule has 21 heavy (non-hydrogen) atoms. The van der Waals surface area contributed by atoms with Gasteiger partial charge < -0.3 is 10.1 Å². The summed E-state index contributed by atoms with van der Waals surface area (Å²) in [6, 6.07) is 4.06. The number of halogens is 4. The molecular formula is C15H19ClF3NO. The lowest BCUT2D eigenvalue weighted by Gasteiger charge is -2.29. The molecular weight excluding hydrogens is 303 g/mol. The van der Waals surface area contributed by atoms with Crippen molar-refractivity contribution in [3.05, 3.63) is 28.8 Å². The Bertz CT molecular complexity index is 484. The number of hydrogen-bond acceptors (Lipinski definition) is 2. The normalized spacial score (nSPS) is 20.8. The minimum atomic E-state index is -4.52. The Morgan fingerprint density at radius 2 is 2.05 bits per heavy atom. The van der Waals surface area contributed by atoms with Crippen molar-refractivity contribution in [3.63, 3.8) is 0 Å². The molecule has 0 aromatic heterocycles. The maximum absolute atomic E-state index is 13.2. The lowest BCUT2D eigenvalue weighted by atomic mass is 9.92. The van der Waals surface area contributed by atoms with Gasteiger partial charge in [-0.25, -0.2) is 0 Å². The van der Waals surface area contributed by atoms with Crippen LogP contribution in [-0.4, -0.2) is 19.2 Å². The Hall–Kier alpha value is -0.940. The number of alkyl halides is 3. The van der Waals surface area contributed by atoms with E-state index < -0.39 is 11.7 Å². The highest BCUT2D eigenvalue weighted by Gasteiger charge is 2.38. The van der Waals surface area contributed by atoms with E-state index in [4.69, 9.17) is 16.3 Å². The molecule has 0 radical (unpaired) electrons. The number of ether oxygens (including phenoxy) is 1. The number of benzene rings is 1. The Morgan fingerprint density at radius 3 is 2.57 bits per heavy atom. The summed E-state index contributed by atoms with van der Waals surface area (Å²) < 4.78 is 45.2. The summed E-state index contributed by atoms with van der Waals surface area (Å²) in [6.45, 7) is 5.56. The predicted octanol–water partition coefficient (Wildman–Crippen LogP) is 4.37. The summed E-state index contributed by atoms with van der Waals surface area (Å²) in [5, 5.41) is 2.89. The van der Waals surface area contributed by atoms with Crippen LogP contribution in [0.4, 0.5) is 13.2 Å². The molecule has 1 unspecified atom stereocenters. The quantitative estimate of drug-likeness (QED) is 0.889. The number of hydrogen-bond donors (Lipinski definition) is 1. The van der Waals surface area contributed by atoms with E-state index in [0.29, 0.717) is 0 Å². The van der Waals surface area contributed by atoms with Crippen molar-refractivity contribution >= 4 is 11.6 Å². The zero-order valence-corrected chi connectivity index (χ0v) is 12.8. The van der Waals surface area contributed by atoms with Crippen molar-refractivity contribution in [1.82, 2.24) is 5.32 Å². The van der Waals surface area contributed by atoms with E-state index in [-0.39, 0.29) is 28.7 Å². The number of rotatable bonds is 4. The van der Waals surface area contributed by atoms with E-state index >= 15 is 0 Å². The Labute approximate surface area is 127 Å². The van der Waals surface area contributed by atoms with Crippen LogP contribution in [-0.2, 0) is 6.18 Å². The molecule has 118 valence electrons. The zero-order valence-electron chi connectivity index (χ0n) is 12.0. The van der Waals surface area contributed by atoms with E-state index in [1.807, 2.05) is 13.8 Å². The van der Waals surface area contributed by atoms with Gasteiger partial charge in [-0.3, -0.25) is 0 Å². The fourth-order valence-electron chi connectivity index (χ4n) is 2.76. The molecule has 1 saturated heterocycles. The molecule has 1 N–H and O–H groups in total. The van der Waals surface area contributed by atoms with E-state index in [1.165, 1.54) is 18.2 Å². The van der Waals surface area contributed by atoms with Gasteiger partial charge in [0.2, 0.25) is 0 Å². The van der Waals surface area contributed by atoms with Gasteiger partial charge in [-0.05, 0) is 31.0 Å². The lowest BCUT2D eigenvalue weighted by Crippen LogP contribution is -2.34. The van der Waals surface area contributed by atoms with Gasteiger partial charge in [-0.15, -0.1) is 0 Å². The maximum Gasteiger partial charge on any atom is 0.421 e. The van der Waals surface area contributed by atoms with Crippen LogP contribution >= 0.6 is 11.6 Å². The minimum absolute atomic E-state index is 0.120. The van der Waals surface area contributed by atoms with Crippen molar-refractivity contribution in [3.8, 4) is 5.75 Å². The van der Waals surface area contributed by atoms with Crippen LogP contribution in [0.25, 0.3) is 0 Å². The largest absolute Gasteiger partial charge is 0.489 e. The summed E-state index contributed by atoms with van der Waals surface area (Å²) in [5.74, 6) is 0.153. The molecule has 0 bridgehead atoms. The highest BCUT2D eigenvalue weighted by Crippen LogP contribution is 2.42. The van der Waals surface area contributed by atoms with Gasteiger partial charge in [0.15, 0.2) is 0 Å². The highest BCUT2D eigenvalue weighted by molar-refractivity contribution is 6.31. The minimum Gasteiger partial charge on any atom is -0.489 e. The van der Waals surface area contributed by atoms with Gasteiger partial charge in [0.25, 0.3) is 0 Å². The molecule has 1 heterocycles. The third-order valence-corrected chi connectivity index (χ3v) is 4.06. The van der Waals surface area contributed by atoms with Crippen LogP contribution in [0, 0.1) is 11.8 Å². The molecule has 0 saturated carbocycles. The second-order valence-electron chi connectivity index (χ2n) is 5.69. The molecule has 1 aliphatic rings. The molecule has 0 amide bonds. The van der Waals surface area contributed by atoms with Crippen LogP contribution in [0.15, 0.2) is 18.2 Å². The number of nitrogens with one attached hydrogen (secondary N) is 1. The molecule has 1 aromatic carbocycles. The Morgan fingerprint density at radius 1 is 1.33 bits per heavy atom. The molecule has 2 nitrogen and oxygen atoms in total. The van der Waals surface area contributed by atoms with Crippen LogP contribution in [0.1, 0.15) is 25.8 Å². The Kier molecular flexibility index (Phi) is 5.04. The molecule has 1 aromatic rings. The molecule has 0 aliphatic carbocycles. The van der Waals surface area contributed by atoms with Crippen molar-refractivity contribution in [2.24, 2.45) is 11.8 Å². The standard InChI is InChI=1S/C15H19ClF3NO/c1-9(2)14(10-6-7-20-8-10)21-12-5-3-4-11(16)13(12)15(17,18)19/h3-5,9-10,14,20H,6-8H2,1-2H3/t10?,14-/m0/s1. The summed E-state index contributed by atoms with van der Waals surface area (Å²) in [5.41, 5.74) is -0.886. The highest BCUT2D eigenvalue weighted by atomic mass is 35.5. The monoisotopic (exact) mass is 321 g/mol. The topological polar surface area (TPSA) is 21.3 Å². The van der Waals surface area contributed by atoms with Crippen LogP contribution in [0.5, 0.6) is 5.75 Å². The first-order valence-corrected chi connectivity index (χ1v) is 7.41. The average Bonchev–Trinajstić information content (AvgIpc) is 2.87. The maximum atomic E-state index is 13.2. The third-order valence-electron chi connectivity index (χ3n) is 3.74. The van der Waals surface area contributed by atoms with E-state index in [9.17, 15) is 13.2 Å². The smallest absolute Gasteiger partial charge is 0.421 e. The molecule has 0 spiro atoms. The van der Waals surface area contributed by atoms with E-state index in [0.717, 1.165) is 19.5 Å². The van der Waals surface area contributed by atoms with Gasteiger partial charge in [-0.1, -0.05) is 31.5 Å². The van der Waals surface area contributed by atoms with Crippen LogP contribution < -0.4 is 10.1 Å². The fraction of sp³-hybridized carbons (Fsp3) is 0.600. The molecule has 2 atom stereocenters. The summed E-state index contributed by atoms with van der Waals surface area (Å²) in [7, 11) is 0. The lowest BCUT2D eigenvalue weighted by molar-refractivity contribution is -0.139. The van der Waals surface area contributed by atoms with E-state index in [2.05, 4.69) is 5.32 Å². The molecule has 2 rings (SSSR count). The first-order chi connectivity index (χ1) is 9.80. The van der Waals surface area contributed by atoms with Crippen molar-refractivity contribution < 1.29 is 17.9 Å². The first kappa shape index (κ1) is 16.4. The third kappa shape index (κ3) is 3.83. The van der Waals surface area contributed by atoms with Crippen LogP contribution in [0.2, 0.25) is 5.02 Å². The van der Waals surface area contributed by atoms with Gasteiger partial charge >= 0.3 is 6.18 Å². The van der Waals surface area contributed by atoms with Gasteiger partial charge in [0.1, 0.15) is 17.4 Å². The van der Waals surface area contributed by atoms with Crippen molar-refractivity contribution in [1.29, 1.82) is 0 Å². The molecule has 6 heteroatoms. The van der Waals surface area contributed by atoms with E-state index in [1.54, 1.807) is 0 Å². The molecule has 1 fully saturated rings. The summed E-state index contributed by atoms with van der Waals surface area (Å²) in [4.78, 5) is 0. The van der Waals surface area contributed by atoms with Gasteiger partial charge in [0.05, 0.1) is 5.02 Å². The Balaban J connectivity index is 2.30. The van der Waals surface area contributed by atoms with Crippen LogP contribution in [0.3, 0.4) is 0 Å². The van der Waals surface area contributed by atoms with Gasteiger partial charge in [-0.2, -0.15) is 13.2 Å². The summed E-state index contributed by atoms with van der Waals surface area (Å²) >= 11 is 5.72. The van der Waals surface area contributed by atoms with Crippen molar-refractivity contribution in [2.45, 2.75) is 32.5 Å². The van der Waals surface area contributed by atoms with Crippen molar-refractivity contribution in [2.75, 3.05) is 13.1 Å². The SMILES string of the molecule is CC(C)[C@H](Oc1cccc(Cl)c1C(F)(F)F)C1CCNC1. The first-order valence-electron chi connectivity index (χ1n) is 7.03. The summed E-state index contributed by atoms with van der Waals surface area (Å²) in [6.07, 6.45) is -3.88.